The molecule has 0 bridgehead atoms. The normalized spacial score (nSPS) is 21.2. The number of alkyl halides is 2. The van der Waals surface area contributed by atoms with E-state index in [1.54, 1.807) is 0 Å². The first kappa shape index (κ1) is 18.4. The van der Waals surface area contributed by atoms with E-state index in [2.05, 4.69) is 10.4 Å². The van der Waals surface area contributed by atoms with Crippen LogP contribution in [0.15, 0.2) is 6.20 Å². The molecule has 6 nitrogen and oxygen atoms in total. The highest BCUT2D eigenvalue weighted by Gasteiger charge is 2.29. The van der Waals surface area contributed by atoms with Crippen LogP contribution in [0, 0.1) is 11.8 Å². The molecule has 0 spiro atoms. The van der Waals surface area contributed by atoms with Gasteiger partial charge in [0.25, 0.3) is 12.3 Å². The van der Waals surface area contributed by atoms with Gasteiger partial charge in [-0.15, -0.1) is 0 Å². The molecule has 1 fully saturated rings. The number of rotatable bonds is 6. The number of carboxylic acids is 1. The lowest BCUT2D eigenvalue weighted by Gasteiger charge is -2.26. The summed E-state index contributed by atoms with van der Waals surface area (Å²) in [5.41, 5.74) is -0.466. The molecule has 1 aliphatic rings. The van der Waals surface area contributed by atoms with E-state index in [1.165, 1.54) is 10.9 Å². The SMILES string of the molecule is CC(C)Cn1ncc(C(=O)NC2CCC(C(=O)O)CC2)c1C(F)F. The summed E-state index contributed by atoms with van der Waals surface area (Å²) in [6.45, 7) is 4.09. The van der Waals surface area contributed by atoms with Crippen molar-refractivity contribution in [3.05, 3.63) is 17.5 Å². The van der Waals surface area contributed by atoms with Gasteiger partial charge in [0, 0.05) is 12.6 Å². The second-order valence-electron chi connectivity index (χ2n) is 6.68. The molecular weight excluding hydrogens is 320 g/mol. The highest BCUT2D eigenvalue weighted by atomic mass is 19.3. The fourth-order valence-corrected chi connectivity index (χ4v) is 3.04. The Morgan fingerprint density at radius 1 is 1.33 bits per heavy atom. The van der Waals surface area contributed by atoms with Gasteiger partial charge in [0.05, 0.1) is 17.7 Å². The Morgan fingerprint density at radius 2 is 1.96 bits per heavy atom. The molecule has 0 aromatic carbocycles. The topological polar surface area (TPSA) is 84.2 Å². The average Bonchev–Trinajstić information content (AvgIpc) is 2.90. The monoisotopic (exact) mass is 343 g/mol. The number of hydrogen-bond donors (Lipinski definition) is 2. The summed E-state index contributed by atoms with van der Waals surface area (Å²) in [4.78, 5) is 23.3. The lowest BCUT2D eigenvalue weighted by atomic mass is 9.86. The summed E-state index contributed by atoms with van der Waals surface area (Å²) in [6, 6.07) is -0.188. The molecule has 8 heteroatoms. The number of nitrogens with one attached hydrogen (secondary N) is 1. The molecule has 0 aliphatic heterocycles. The van der Waals surface area contributed by atoms with Crippen LogP contribution in [0.25, 0.3) is 0 Å². The predicted octanol–water partition coefficient (Wildman–Crippen LogP) is 2.85. The van der Waals surface area contributed by atoms with E-state index in [9.17, 15) is 18.4 Å². The minimum atomic E-state index is -2.78. The molecule has 1 heterocycles. The van der Waals surface area contributed by atoms with Crippen LogP contribution in [-0.4, -0.2) is 32.8 Å². The molecule has 1 amide bonds. The molecule has 0 atom stereocenters. The van der Waals surface area contributed by atoms with Crippen molar-refractivity contribution in [2.75, 3.05) is 0 Å². The van der Waals surface area contributed by atoms with Gasteiger partial charge >= 0.3 is 5.97 Å². The largest absolute Gasteiger partial charge is 0.481 e. The zero-order valence-electron chi connectivity index (χ0n) is 13.8. The van der Waals surface area contributed by atoms with Crippen LogP contribution in [0.4, 0.5) is 8.78 Å². The lowest BCUT2D eigenvalue weighted by molar-refractivity contribution is -0.142. The molecule has 0 unspecified atom stereocenters. The summed E-state index contributed by atoms with van der Waals surface area (Å²) in [6.07, 6.45) is 0.431. The van der Waals surface area contributed by atoms with E-state index >= 15 is 0 Å². The molecule has 2 N–H and O–H groups in total. The maximum absolute atomic E-state index is 13.3. The number of nitrogens with zero attached hydrogens (tertiary/aromatic N) is 2. The number of carbonyl (C=O) groups is 2. The van der Waals surface area contributed by atoms with E-state index in [0.717, 1.165) is 0 Å². The van der Waals surface area contributed by atoms with E-state index in [-0.39, 0.29) is 29.1 Å². The molecular formula is C16H23F2N3O3. The molecule has 24 heavy (non-hydrogen) atoms. The first-order valence-corrected chi connectivity index (χ1v) is 8.17. The van der Waals surface area contributed by atoms with Gasteiger partial charge in [-0.2, -0.15) is 5.10 Å². The number of aliphatic carboxylic acids is 1. The molecule has 1 aliphatic carbocycles. The first-order valence-electron chi connectivity index (χ1n) is 8.17. The third-order valence-electron chi connectivity index (χ3n) is 4.28. The van der Waals surface area contributed by atoms with Crippen molar-refractivity contribution in [1.82, 2.24) is 15.1 Å². The molecule has 0 saturated heterocycles. The average molecular weight is 343 g/mol. The van der Waals surface area contributed by atoms with Gasteiger partial charge in [-0.05, 0) is 31.6 Å². The summed E-state index contributed by atoms with van der Waals surface area (Å²) in [5, 5.41) is 15.6. The van der Waals surface area contributed by atoms with Crippen molar-refractivity contribution in [2.45, 2.75) is 58.5 Å². The highest BCUT2D eigenvalue weighted by molar-refractivity contribution is 5.95. The Morgan fingerprint density at radius 3 is 2.46 bits per heavy atom. The van der Waals surface area contributed by atoms with Gasteiger partial charge in [0.1, 0.15) is 5.69 Å². The summed E-state index contributed by atoms with van der Waals surface area (Å²) < 4.78 is 27.9. The van der Waals surface area contributed by atoms with Crippen molar-refractivity contribution in [3.8, 4) is 0 Å². The fraction of sp³-hybridized carbons (Fsp3) is 0.688. The summed E-state index contributed by atoms with van der Waals surface area (Å²) >= 11 is 0. The van der Waals surface area contributed by atoms with E-state index in [0.29, 0.717) is 32.2 Å². The lowest BCUT2D eigenvalue weighted by Crippen LogP contribution is -2.39. The van der Waals surface area contributed by atoms with Crippen LogP contribution in [0.3, 0.4) is 0 Å². The van der Waals surface area contributed by atoms with Gasteiger partial charge in [0.2, 0.25) is 0 Å². The smallest absolute Gasteiger partial charge is 0.306 e. The van der Waals surface area contributed by atoms with E-state index in [4.69, 9.17) is 5.11 Å². The highest BCUT2D eigenvalue weighted by Crippen LogP contribution is 2.26. The van der Waals surface area contributed by atoms with E-state index < -0.39 is 18.3 Å². The van der Waals surface area contributed by atoms with Crippen molar-refractivity contribution in [2.24, 2.45) is 11.8 Å². The number of halogens is 2. The third kappa shape index (κ3) is 4.30. The van der Waals surface area contributed by atoms with E-state index in [1.807, 2.05) is 13.8 Å². The number of carbonyl (C=O) groups excluding carboxylic acids is 1. The predicted molar refractivity (Wildman–Crippen MR) is 82.9 cm³/mol. The Kier molecular flexibility index (Phi) is 5.90. The van der Waals surface area contributed by atoms with Gasteiger partial charge < -0.3 is 10.4 Å². The Labute approximate surface area is 139 Å². The molecule has 2 rings (SSSR count). The standard InChI is InChI=1S/C16H23F2N3O3/c1-9(2)8-21-13(14(17)18)12(7-19-21)15(22)20-11-5-3-10(4-6-11)16(23)24/h7,9-11,14H,3-6,8H2,1-2H3,(H,20,22)(H,23,24). The van der Waals surface area contributed by atoms with Crippen molar-refractivity contribution in [3.63, 3.8) is 0 Å². The minimum absolute atomic E-state index is 0.106. The molecule has 1 aromatic heterocycles. The maximum Gasteiger partial charge on any atom is 0.306 e. The minimum Gasteiger partial charge on any atom is -0.481 e. The van der Waals surface area contributed by atoms with Crippen LogP contribution in [0.5, 0.6) is 0 Å². The van der Waals surface area contributed by atoms with Crippen molar-refractivity contribution in [1.29, 1.82) is 0 Å². The van der Waals surface area contributed by atoms with Gasteiger partial charge in [-0.1, -0.05) is 13.8 Å². The third-order valence-corrected chi connectivity index (χ3v) is 4.28. The Hall–Kier alpha value is -1.99. The van der Waals surface area contributed by atoms with Crippen LogP contribution >= 0.6 is 0 Å². The van der Waals surface area contributed by atoms with Crippen molar-refractivity contribution < 1.29 is 23.5 Å². The molecule has 1 saturated carbocycles. The Balaban J connectivity index is 2.05. The zero-order chi connectivity index (χ0) is 17.9. The number of hydrogen-bond acceptors (Lipinski definition) is 3. The van der Waals surface area contributed by atoms with Crippen LogP contribution < -0.4 is 5.32 Å². The van der Waals surface area contributed by atoms with Crippen LogP contribution in [0.2, 0.25) is 0 Å². The second-order valence-corrected chi connectivity index (χ2v) is 6.68. The van der Waals surface area contributed by atoms with Crippen LogP contribution in [-0.2, 0) is 11.3 Å². The Bertz CT molecular complexity index is 593. The van der Waals surface area contributed by atoms with Crippen LogP contribution in [0.1, 0.15) is 62.0 Å². The van der Waals surface area contributed by atoms with Gasteiger partial charge in [-0.3, -0.25) is 14.3 Å². The fourth-order valence-electron chi connectivity index (χ4n) is 3.04. The van der Waals surface area contributed by atoms with Gasteiger partial charge in [0.15, 0.2) is 0 Å². The maximum atomic E-state index is 13.3. The summed E-state index contributed by atoms with van der Waals surface area (Å²) in [5.74, 6) is -1.65. The first-order chi connectivity index (χ1) is 11.3. The number of carboxylic acid groups (broad SMARTS) is 1. The number of aromatic nitrogens is 2. The molecule has 0 radical (unpaired) electrons. The zero-order valence-corrected chi connectivity index (χ0v) is 13.8. The second kappa shape index (κ2) is 7.72. The molecule has 1 aromatic rings. The van der Waals surface area contributed by atoms with Crippen molar-refractivity contribution >= 4 is 11.9 Å². The quantitative estimate of drug-likeness (QED) is 0.832. The number of amides is 1. The summed E-state index contributed by atoms with van der Waals surface area (Å²) in [7, 11) is 0. The molecule has 134 valence electrons. The van der Waals surface area contributed by atoms with Gasteiger partial charge in [-0.25, -0.2) is 8.78 Å².